The Morgan fingerprint density at radius 3 is 2.70 bits per heavy atom. The van der Waals surface area contributed by atoms with Gasteiger partial charge in [0.2, 0.25) is 10.0 Å². The summed E-state index contributed by atoms with van der Waals surface area (Å²) in [5.74, 6) is 0. The predicted molar refractivity (Wildman–Crippen MR) is 70.9 cm³/mol. The predicted octanol–water partition coefficient (Wildman–Crippen LogP) is 0.189. The van der Waals surface area contributed by atoms with Gasteiger partial charge >= 0.3 is 0 Å². The lowest BCUT2D eigenvalue weighted by atomic mass is 10.2. The normalized spacial score (nSPS) is 13.2. The molecule has 1 aromatic rings. The van der Waals surface area contributed by atoms with E-state index >= 15 is 0 Å². The van der Waals surface area contributed by atoms with E-state index < -0.39 is 21.1 Å². The zero-order chi connectivity index (χ0) is 15.3. The van der Waals surface area contributed by atoms with Gasteiger partial charge < -0.3 is 9.84 Å². The monoisotopic (exact) mass is 304 g/mol. The third-order valence-electron chi connectivity index (χ3n) is 2.56. The van der Waals surface area contributed by atoms with E-state index in [4.69, 9.17) is 0 Å². The van der Waals surface area contributed by atoms with E-state index in [0.717, 1.165) is 6.07 Å². The fourth-order valence-electron chi connectivity index (χ4n) is 1.49. The number of nitro benzene ring substituents is 1. The smallest absolute Gasteiger partial charge is 0.273 e. The molecular formula is C11H16N2O6S. The van der Waals surface area contributed by atoms with Crippen molar-refractivity contribution in [2.24, 2.45) is 0 Å². The number of rotatable bonds is 7. The molecule has 1 rings (SSSR count). The molecule has 0 aliphatic heterocycles. The van der Waals surface area contributed by atoms with Crippen LogP contribution < -0.4 is 4.72 Å². The van der Waals surface area contributed by atoms with Crippen molar-refractivity contribution in [2.75, 3.05) is 20.3 Å². The molecule has 0 aliphatic carbocycles. The SMILES string of the molecule is COCC(O)CNS(=O)(=O)c1ccc(C)c([N+](=O)[O-])c1. The van der Waals surface area contributed by atoms with Crippen LogP contribution in [-0.4, -0.2) is 44.8 Å². The zero-order valence-corrected chi connectivity index (χ0v) is 11.9. The van der Waals surface area contributed by atoms with E-state index in [1.54, 1.807) is 0 Å². The third-order valence-corrected chi connectivity index (χ3v) is 3.98. The average Bonchev–Trinajstić information content (AvgIpc) is 2.37. The van der Waals surface area contributed by atoms with Gasteiger partial charge in [0.05, 0.1) is 22.5 Å². The van der Waals surface area contributed by atoms with Crippen LogP contribution in [0.5, 0.6) is 0 Å². The summed E-state index contributed by atoms with van der Waals surface area (Å²) in [5, 5.41) is 20.2. The highest BCUT2D eigenvalue weighted by molar-refractivity contribution is 7.89. The Kier molecular flexibility index (Phi) is 5.57. The fourth-order valence-corrected chi connectivity index (χ4v) is 2.59. The van der Waals surface area contributed by atoms with Crippen molar-refractivity contribution in [2.45, 2.75) is 17.9 Å². The molecule has 0 amide bonds. The van der Waals surface area contributed by atoms with Crippen molar-refractivity contribution in [3.63, 3.8) is 0 Å². The van der Waals surface area contributed by atoms with Gasteiger partial charge in [-0.05, 0) is 13.0 Å². The second kappa shape index (κ2) is 6.75. The van der Waals surface area contributed by atoms with E-state index in [1.165, 1.54) is 26.2 Å². The Morgan fingerprint density at radius 2 is 2.15 bits per heavy atom. The molecule has 112 valence electrons. The second-order valence-electron chi connectivity index (χ2n) is 4.17. The maximum atomic E-state index is 11.9. The van der Waals surface area contributed by atoms with E-state index in [9.17, 15) is 23.6 Å². The number of sulfonamides is 1. The Labute approximate surface area is 116 Å². The minimum absolute atomic E-state index is 0.0173. The molecule has 0 aliphatic rings. The summed E-state index contributed by atoms with van der Waals surface area (Å²) in [6, 6.07) is 3.62. The molecule has 20 heavy (non-hydrogen) atoms. The number of hydrogen-bond donors (Lipinski definition) is 2. The van der Waals surface area contributed by atoms with Gasteiger partial charge in [0.1, 0.15) is 0 Å². The molecule has 1 atom stereocenters. The van der Waals surface area contributed by atoms with E-state index in [-0.39, 0.29) is 23.7 Å². The maximum absolute atomic E-state index is 11.9. The van der Waals surface area contributed by atoms with Crippen LogP contribution in [0.25, 0.3) is 0 Å². The lowest BCUT2D eigenvalue weighted by Crippen LogP contribution is -2.34. The van der Waals surface area contributed by atoms with E-state index in [0.29, 0.717) is 5.56 Å². The molecule has 0 radical (unpaired) electrons. The third kappa shape index (κ3) is 4.23. The van der Waals surface area contributed by atoms with Crippen LogP contribution in [0, 0.1) is 17.0 Å². The first-order valence-corrected chi connectivity index (χ1v) is 7.18. The first-order valence-electron chi connectivity index (χ1n) is 5.69. The number of methoxy groups -OCH3 is 1. The van der Waals surface area contributed by atoms with Gasteiger partial charge in [0.25, 0.3) is 5.69 Å². The highest BCUT2D eigenvalue weighted by Crippen LogP contribution is 2.21. The molecular weight excluding hydrogens is 288 g/mol. The number of ether oxygens (including phenoxy) is 1. The van der Waals surface area contributed by atoms with Crippen molar-refractivity contribution in [3.8, 4) is 0 Å². The van der Waals surface area contributed by atoms with Crippen molar-refractivity contribution in [3.05, 3.63) is 33.9 Å². The molecule has 0 saturated carbocycles. The van der Waals surface area contributed by atoms with Gasteiger partial charge in [-0.2, -0.15) is 0 Å². The van der Waals surface area contributed by atoms with Gasteiger partial charge in [-0.1, -0.05) is 6.07 Å². The maximum Gasteiger partial charge on any atom is 0.273 e. The molecule has 0 bridgehead atoms. The summed E-state index contributed by atoms with van der Waals surface area (Å²) in [7, 11) is -2.54. The van der Waals surface area contributed by atoms with Gasteiger partial charge in [0.15, 0.2) is 0 Å². The lowest BCUT2D eigenvalue weighted by molar-refractivity contribution is -0.385. The van der Waals surface area contributed by atoms with Crippen LogP contribution in [-0.2, 0) is 14.8 Å². The first-order chi connectivity index (χ1) is 9.27. The highest BCUT2D eigenvalue weighted by atomic mass is 32.2. The molecule has 0 aromatic heterocycles. The van der Waals surface area contributed by atoms with Crippen molar-refractivity contribution >= 4 is 15.7 Å². The molecule has 0 spiro atoms. The highest BCUT2D eigenvalue weighted by Gasteiger charge is 2.20. The van der Waals surface area contributed by atoms with Crippen LogP contribution in [0.4, 0.5) is 5.69 Å². The number of benzene rings is 1. The summed E-state index contributed by atoms with van der Waals surface area (Å²) < 4.78 is 30.7. The van der Waals surface area contributed by atoms with Gasteiger partial charge in [-0.25, -0.2) is 13.1 Å². The van der Waals surface area contributed by atoms with Crippen molar-refractivity contribution in [1.29, 1.82) is 0 Å². The topological polar surface area (TPSA) is 119 Å². The molecule has 1 aromatic carbocycles. The van der Waals surface area contributed by atoms with Gasteiger partial charge in [-0.3, -0.25) is 10.1 Å². The van der Waals surface area contributed by atoms with Crippen LogP contribution in [0.3, 0.4) is 0 Å². The summed E-state index contributed by atoms with van der Waals surface area (Å²) in [6.45, 7) is 1.26. The standard InChI is InChI=1S/C11H16N2O6S/c1-8-3-4-10(5-11(8)13(15)16)20(17,18)12-6-9(14)7-19-2/h3-5,9,12,14H,6-7H2,1-2H3. The van der Waals surface area contributed by atoms with E-state index in [2.05, 4.69) is 9.46 Å². The molecule has 8 nitrogen and oxygen atoms in total. The van der Waals surface area contributed by atoms with Crippen LogP contribution in [0.2, 0.25) is 0 Å². The molecule has 0 saturated heterocycles. The van der Waals surface area contributed by atoms with Crippen LogP contribution >= 0.6 is 0 Å². The minimum atomic E-state index is -3.92. The van der Waals surface area contributed by atoms with Crippen molar-refractivity contribution in [1.82, 2.24) is 4.72 Å². The summed E-state index contributed by atoms with van der Waals surface area (Å²) in [6.07, 6.45) is -0.991. The number of nitro groups is 1. The lowest BCUT2D eigenvalue weighted by Gasteiger charge is -2.11. The summed E-state index contributed by atoms with van der Waals surface area (Å²) >= 11 is 0. The molecule has 1 unspecified atom stereocenters. The van der Waals surface area contributed by atoms with E-state index in [1.807, 2.05) is 0 Å². The summed E-state index contributed by atoms with van der Waals surface area (Å²) in [5.41, 5.74) is 0.0960. The quantitative estimate of drug-likeness (QED) is 0.548. The number of aliphatic hydroxyl groups excluding tert-OH is 1. The van der Waals surface area contributed by atoms with Gasteiger partial charge in [-0.15, -0.1) is 0 Å². The van der Waals surface area contributed by atoms with Crippen LogP contribution in [0.15, 0.2) is 23.1 Å². The number of nitrogens with one attached hydrogen (secondary N) is 1. The fraction of sp³-hybridized carbons (Fsp3) is 0.455. The number of aryl methyl sites for hydroxylation is 1. The Hall–Kier alpha value is -1.55. The molecule has 2 N–H and O–H groups in total. The first kappa shape index (κ1) is 16.5. The van der Waals surface area contributed by atoms with Crippen LogP contribution in [0.1, 0.15) is 5.56 Å². The number of aliphatic hydroxyl groups is 1. The number of nitrogens with zero attached hydrogens (tertiary/aromatic N) is 1. The zero-order valence-electron chi connectivity index (χ0n) is 11.1. The Bertz CT molecular complexity index is 587. The molecule has 0 fully saturated rings. The largest absolute Gasteiger partial charge is 0.389 e. The second-order valence-corrected chi connectivity index (χ2v) is 5.93. The molecule has 0 heterocycles. The molecule has 9 heteroatoms. The minimum Gasteiger partial charge on any atom is -0.389 e. The number of hydrogen-bond acceptors (Lipinski definition) is 6. The Morgan fingerprint density at radius 1 is 1.50 bits per heavy atom. The Balaban J connectivity index is 2.93. The van der Waals surface area contributed by atoms with Gasteiger partial charge in [0, 0.05) is 25.3 Å². The van der Waals surface area contributed by atoms with Crippen molar-refractivity contribution < 1.29 is 23.2 Å². The average molecular weight is 304 g/mol. The summed E-state index contributed by atoms with van der Waals surface area (Å²) in [4.78, 5) is 9.92.